The molecule has 0 amide bonds. The van der Waals surface area contributed by atoms with Crippen LogP contribution in [0.4, 0.5) is 0 Å². The molecule has 1 N–H and O–H groups in total. The molecule has 0 aliphatic rings. The standard InChI is InChI=1S/C13H20O3S/c1-3-15-13-9-11(10-14)5-6-12(13)16-7-4-8-17-2/h5-6,9,14H,3-4,7-8,10H2,1-2H3. The summed E-state index contributed by atoms with van der Waals surface area (Å²) in [5.74, 6) is 2.56. The average Bonchev–Trinajstić information content (AvgIpc) is 2.36. The Morgan fingerprint density at radius 2 is 2.06 bits per heavy atom. The van der Waals surface area contributed by atoms with Gasteiger partial charge in [-0.1, -0.05) is 6.07 Å². The smallest absolute Gasteiger partial charge is 0.161 e. The van der Waals surface area contributed by atoms with Crippen molar-refractivity contribution in [3.63, 3.8) is 0 Å². The van der Waals surface area contributed by atoms with Gasteiger partial charge in [-0.3, -0.25) is 0 Å². The van der Waals surface area contributed by atoms with Crippen LogP contribution in [0.2, 0.25) is 0 Å². The highest BCUT2D eigenvalue weighted by atomic mass is 32.2. The molecular weight excluding hydrogens is 236 g/mol. The van der Waals surface area contributed by atoms with Crippen molar-refractivity contribution in [3.8, 4) is 11.5 Å². The Morgan fingerprint density at radius 3 is 2.71 bits per heavy atom. The fourth-order valence-electron chi connectivity index (χ4n) is 1.42. The second-order valence-electron chi connectivity index (χ2n) is 3.57. The van der Waals surface area contributed by atoms with Gasteiger partial charge in [0.15, 0.2) is 11.5 Å². The largest absolute Gasteiger partial charge is 0.490 e. The maximum Gasteiger partial charge on any atom is 0.161 e. The normalized spacial score (nSPS) is 10.3. The molecule has 1 aromatic rings. The fraction of sp³-hybridized carbons (Fsp3) is 0.538. The van der Waals surface area contributed by atoms with E-state index in [2.05, 4.69) is 6.26 Å². The summed E-state index contributed by atoms with van der Waals surface area (Å²) in [7, 11) is 0. The molecule has 0 bridgehead atoms. The molecule has 1 aromatic carbocycles. The number of aliphatic hydroxyl groups is 1. The van der Waals surface area contributed by atoms with Crippen molar-refractivity contribution in [1.29, 1.82) is 0 Å². The van der Waals surface area contributed by atoms with E-state index in [1.807, 2.05) is 36.9 Å². The highest BCUT2D eigenvalue weighted by molar-refractivity contribution is 7.98. The first-order valence-electron chi connectivity index (χ1n) is 5.80. The van der Waals surface area contributed by atoms with Gasteiger partial charge in [0, 0.05) is 0 Å². The van der Waals surface area contributed by atoms with Crippen LogP contribution in [0.25, 0.3) is 0 Å². The Kier molecular flexibility index (Phi) is 6.89. The molecule has 0 atom stereocenters. The molecule has 0 spiro atoms. The number of thioether (sulfide) groups is 1. The molecule has 0 aromatic heterocycles. The Morgan fingerprint density at radius 1 is 1.24 bits per heavy atom. The highest BCUT2D eigenvalue weighted by Crippen LogP contribution is 2.28. The monoisotopic (exact) mass is 256 g/mol. The summed E-state index contributed by atoms with van der Waals surface area (Å²) in [6, 6.07) is 5.54. The van der Waals surface area contributed by atoms with Crippen molar-refractivity contribution >= 4 is 11.8 Å². The van der Waals surface area contributed by atoms with E-state index in [0.29, 0.717) is 19.0 Å². The van der Waals surface area contributed by atoms with Crippen LogP contribution in [-0.2, 0) is 6.61 Å². The third-order valence-electron chi connectivity index (χ3n) is 2.24. The van der Waals surface area contributed by atoms with E-state index in [1.165, 1.54) is 0 Å². The van der Waals surface area contributed by atoms with Crippen LogP contribution >= 0.6 is 11.8 Å². The van der Waals surface area contributed by atoms with Gasteiger partial charge in [-0.2, -0.15) is 11.8 Å². The van der Waals surface area contributed by atoms with Crippen molar-refractivity contribution in [2.24, 2.45) is 0 Å². The van der Waals surface area contributed by atoms with Crippen LogP contribution in [0.5, 0.6) is 11.5 Å². The first-order valence-corrected chi connectivity index (χ1v) is 7.19. The van der Waals surface area contributed by atoms with Crippen LogP contribution in [-0.4, -0.2) is 30.3 Å². The van der Waals surface area contributed by atoms with Gasteiger partial charge in [-0.25, -0.2) is 0 Å². The summed E-state index contributed by atoms with van der Waals surface area (Å²) in [5.41, 5.74) is 0.838. The molecule has 0 radical (unpaired) electrons. The zero-order valence-corrected chi connectivity index (χ0v) is 11.3. The number of ether oxygens (including phenoxy) is 2. The molecule has 0 heterocycles. The Balaban J connectivity index is 2.62. The number of aliphatic hydroxyl groups excluding tert-OH is 1. The molecule has 17 heavy (non-hydrogen) atoms. The lowest BCUT2D eigenvalue weighted by molar-refractivity contribution is 0.269. The lowest BCUT2D eigenvalue weighted by atomic mass is 10.2. The van der Waals surface area contributed by atoms with E-state index in [9.17, 15) is 0 Å². The maximum absolute atomic E-state index is 9.07. The molecule has 0 aliphatic heterocycles. The lowest BCUT2D eigenvalue weighted by Crippen LogP contribution is -2.02. The van der Waals surface area contributed by atoms with E-state index < -0.39 is 0 Å². The van der Waals surface area contributed by atoms with Gasteiger partial charge in [0.2, 0.25) is 0 Å². The maximum atomic E-state index is 9.07. The summed E-state index contributed by atoms with van der Waals surface area (Å²) in [4.78, 5) is 0. The van der Waals surface area contributed by atoms with Crippen LogP contribution in [0.3, 0.4) is 0 Å². The predicted octanol–water partition coefficient (Wildman–Crippen LogP) is 2.71. The average molecular weight is 256 g/mol. The van der Waals surface area contributed by atoms with E-state index in [0.717, 1.165) is 23.5 Å². The fourth-order valence-corrected chi connectivity index (χ4v) is 1.83. The molecular formula is C13H20O3S. The van der Waals surface area contributed by atoms with Crippen molar-refractivity contribution < 1.29 is 14.6 Å². The van der Waals surface area contributed by atoms with Gasteiger partial charge >= 0.3 is 0 Å². The van der Waals surface area contributed by atoms with Gasteiger partial charge in [-0.15, -0.1) is 0 Å². The van der Waals surface area contributed by atoms with E-state index in [1.54, 1.807) is 0 Å². The minimum absolute atomic E-state index is 0.0207. The molecule has 0 fully saturated rings. The molecule has 96 valence electrons. The summed E-state index contributed by atoms with van der Waals surface area (Å²) in [5, 5.41) is 9.07. The summed E-state index contributed by atoms with van der Waals surface area (Å²) in [6.45, 7) is 3.24. The highest BCUT2D eigenvalue weighted by Gasteiger charge is 2.05. The Bertz CT molecular complexity index is 328. The molecule has 3 nitrogen and oxygen atoms in total. The van der Waals surface area contributed by atoms with E-state index >= 15 is 0 Å². The zero-order chi connectivity index (χ0) is 12.5. The quantitative estimate of drug-likeness (QED) is 0.726. The van der Waals surface area contributed by atoms with Crippen molar-refractivity contribution in [2.75, 3.05) is 25.2 Å². The lowest BCUT2D eigenvalue weighted by Gasteiger charge is -2.12. The molecule has 0 unspecified atom stereocenters. The first-order chi connectivity index (χ1) is 8.31. The van der Waals surface area contributed by atoms with Crippen molar-refractivity contribution in [2.45, 2.75) is 20.0 Å². The third-order valence-corrected chi connectivity index (χ3v) is 2.94. The second-order valence-corrected chi connectivity index (χ2v) is 4.55. The van der Waals surface area contributed by atoms with Crippen LogP contribution in [0.15, 0.2) is 18.2 Å². The molecule has 4 heteroatoms. The minimum atomic E-state index is 0.0207. The molecule has 1 rings (SSSR count). The van der Waals surface area contributed by atoms with Gasteiger partial charge in [0.05, 0.1) is 19.8 Å². The van der Waals surface area contributed by atoms with Crippen LogP contribution in [0.1, 0.15) is 18.9 Å². The van der Waals surface area contributed by atoms with Crippen LogP contribution < -0.4 is 9.47 Å². The van der Waals surface area contributed by atoms with Gasteiger partial charge in [0.1, 0.15) is 0 Å². The number of hydrogen-bond acceptors (Lipinski definition) is 4. The molecule has 0 aliphatic carbocycles. The summed E-state index contributed by atoms with van der Waals surface area (Å²) in [6.07, 6.45) is 3.11. The number of rotatable bonds is 8. The predicted molar refractivity (Wildman–Crippen MR) is 72.0 cm³/mol. The van der Waals surface area contributed by atoms with Crippen molar-refractivity contribution in [3.05, 3.63) is 23.8 Å². The first kappa shape index (κ1) is 14.2. The Labute approximate surface area is 107 Å². The molecule has 0 saturated heterocycles. The summed E-state index contributed by atoms with van der Waals surface area (Å²) < 4.78 is 11.2. The minimum Gasteiger partial charge on any atom is -0.490 e. The number of benzene rings is 1. The summed E-state index contributed by atoms with van der Waals surface area (Å²) >= 11 is 1.81. The second kappa shape index (κ2) is 8.25. The van der Waals surface area contributed by atoms with Gasteiger partial charge < -0.3 is 14.6 Å². The topological polar surface area (TPSA) is 38.7 Å². The van der Waals surface area contributed by atoms with Gasteiger partial charge in [-0.05, 0) is 43.0 Å². The van der Waals surface area contributed by atoms with E-state index in [4.69, 9.17) is 14.6 Å². The number of hydrogen-bond donors (Lipinski definition) is 1. The van der Waals surface area contributed by atoms with E-state index in [-0.39, 0.29) is 6.61 Å². The van der Waals surface area contributed by atoms with Gasteiger partial charge in [0.25, 0.3) is 0 Å². The molecule has 0 saturated carbocycles. The zero-order valence-electron chi connectivity index (χ0n) is 10.4. The van der Waals surface area contributed by atoms with Crippen molar-refractivity contribution in [1.82, 2.24) is 0 Å². The third kappa shape index (κ3) is 4.88. The Hall–Kier alpha value is -0.870. The SMILES string of the molecule is CCOc1cc(CO)ccc1OCCCSC. The van der Waals surface area contributed by atoms with Crippen LogP contribution in [0, 0.1) is 0 Å².